The van der Waals surface area contributed by atoms with Crippen LogP contribution in [0.5, 0.6) is 5.75 Å². The minimum Gasteiger partial charge on any atom is -0.496 e. The summed E-state index contributed by atoms with van der Waals surface area (Å²) >= 11 is 0. The number of hydrogen-bond acceptors (Lipinski definition) is 6. The molecule has 1 unspecified atom stereocenters. The van der Waals surface area contributed by atoms with Crippen LogP contribution in [0.3, 0.4) is 0 Å². The average molecular weight is 402 g/mol. The molecule has 1 aromatic heterocycles. The fraction of sp³-hybridized carbons (Fsp3) is 0.591. The third-order valence-corrected chi connectivity index (χ3v) is 5.46. The van der Waals surface area contributed by atoms with Crippen molar-refractivity contribution >= 4 is 5.91 Å². The minimum absolute atomic E-state index is 0.166. The van der Waals surface area contributed by atoms with Crippen molar-refractivity contribution in [3.05, 3.63) is 41.6 Å². The van der Waals surface area contributed by atoms with Crippen molar-refractivity contribution in [2.24, 2.45) is 0 Å². The van der Waals surface area contributed by atoms with E-state index in [4.69, 9.17) is 13.9 Å². The first-order chi connectivity index (χ1) is 14.2. The molecule has 158 valence electrons. The van der Waals surface area contributed by atoms with Crippen molar-refractivity contribution in [2.75, 3.05) is 27.4 Å². The molecular weight excluding hydrogens is 370 g/mol. The highest BCUT2D eigenvalue weighted by Crippen LogP contribution is 2.22. The number of hydrogen-bond donors (Lipinski definition) is 0. The molecule has 0 aliphatic carbocycles. The van der Waals surface area contributed by atoms with Crippen molar-refractivity contribution in [2.45, 2.75) is 57.4 Å². The van der Waals surface area contributed by atoms with Crippen molar-refractivity contribution in [3.63, 3.8) is 0 Å². The molecule has 7 nitrogen and oxygen atoms in total. The summed E-state index contributed by atoms with van der Waals surface area (Å²) in [5.41, 5.74) is 1.11. The summed E-state index contributed by atoms with van der Waals surface area (Å²) in [6, 6.07) is 8.21. The molecular formula is C22H31N3O4. The van der Waals surface area contributed by atoms with Crippen molar-refractivity contribution < 1.29 is 18.7 Å². The first kappa shape index (κ1) is 21.3. The van der Waals surface area contributed by atoms with E-state index in [1.165, 1.54) is 6.42 Å². The van der Waals surface area contributed by atoms with Gasteiger partial charge in [0.05, 0.1) is 7.11 Å². The highest BCUT2D eigenvalue weighted by Gasteiger charge is 2.26. The summed E-state index contributed by atoms with van der Waals surface area (Å²) < 4.78 is 16.3. The van der Waals surface area contributed by atoms with Gasteiger partial charge in [-0.2, -0.15) is 0 Å². The third-order valence-electron chi connectivity index (χ3n) is 5.46. The summed E-state index contributed by atoms with van der Waals surface area (Å²) in [6.07, 6.45) is 6.50. The Kier molecular flexibility index (Phi) is 8.04. The van der Waals surface area contributed by atoms with E-state index in [1.807, 2.05) is 29.2 Å². The van der Waals surface area contributed by atoms with Gasteiger partial charge < -0.3 is 18.8 Å². The Balaban J connectivity index is 1.49. The van der Waals surface area contributed by atoms with Gasteiger partial charge in [0, 0.05) is 45.6 Å². The fourth-order valence-electron chi connectivity index (χ4n) is 3.88. The molecule has 29 heavy (non-hydrogen) atoms. The van der Waals surface area contributed by atoms with Gasteiger partial charge in [0.15, 0.2) is 0 Å². The highest BCUT2D eigenvalue weighted by molar-refractivity contribution is 5.76. The molecule has 0 saturated carbocycles. The van der Waals surface area contributed by atoms with Gasteiger partial charge in [-0.05, 0) is 43.7 Å². The number of methoxy groups -OCH3 is 2. The lowest BCUT2D eigenvalue weighted by molar-refractivity contribution is -0.135. The van der Waals surface area contributed by atoms with E-state index in [9.17, 15) is 4.79 Å². The highest BCUT2D eigenvalue weighted by atomic mass is 16.5. The largest absolute Gasteiger partial charge is 0.496 e. The summed E-state index contributed by atoms with van der Waals surface area (Å²) in [7, 11) is 3.37. The second kappa shape index (κ2) is 11.0. The zero-order valence-corrected chi connectivity index (χ0v) is 17.4. The fourth-order valence-corrected chi connectivity index (χ4v) is 3.88. The SMILES string of the molecule is COCCC1CCCCN1C(=O)CCc1nnc(CCc2ccccc2OC)o1. The second-order valence-corrected chi connectivity index (χ2v) is 7.42. The van der Waals surface area contributed by atoms with Crippen LogP contribution >= 0.6 is 0 Å². The van der Waals surface area contributed by atoms with Crippen LogP contribution in [0.1, 0.15) is 49.4 Å². The smallest absolute Gasteiger partial charge is 0.223 e. The van der Waals surface area contributed by atoms with Gasteiger partial charge in [0.25, 0.3) is 0 Å². The number of likely N-dealkylation sites (tertiary alicyclic amines) is 1. The van der Waals surface area contributed by atoms with Crippen molar-refractivity contribution in [3.8, 4) is 5.75 Å². The molecule has 7 heteroatoms. The maximum atomic E-state index is 12.7. The molecule has 1 fully saturated rings. The lowest BCUT2D eigenvalue weighted by atomic mass is 9.99. The molecule has 1 aliphatic heterocycles. The molecule has 1 aromatic carbocycles. The number of para-hydroxylation sites is 1. The molecule has 3 rings (SSSR count). The molecule has 1 saturated heterocycles. The maximum Gasteiger partial charge on any atom is 0.223 e. The Morgan fingerprint density at radius 2 is 1.93 bits per heavy atom. The Morgan fingerprint density at radius 1 is 1.14 bits per heavy atom. The Labute approximate surface area is 172 Å². The topological polar surface area (TPSA) is 77.7 Å². The number of aryl methyl sites for hydroxylation is 3. The number of benzene rings is 1. The quantitative estimate of drug-likeness (QED) is 0.608. The molecule has 1 amide bonds. The molecule has 0 radical (unpaired) electrons. The van der Waals surface area contributed by atoms with E-state index in [0.717, 1.165) is 43.5 Å². The van der Waals surface area contributed by atoms with E-state index >= 15 is 0 Å². The molecule has 1 atom stereocenters. The number of piperidine rings is 1. The monoisotopic (exact) mass is 401 g/mol. The summed E-state index contributed by atoms with van der Waals surface area (Å²) in [5.74, 6) is 2.15. The molecule has 0 spiro atoms. The number of nitrogens with zero attached hydrogens (tertiary/aromatic N) is 3. The number of carbonyl (C=O) groups is 1. The van der Waals surface area contributed by atoms with Crippen molar-refractivity contribution in [1.82, 2.24) is 15.1 Å². The number of amides is 1. The Bertz CT molecular complexity index is 777. The van der Waals surface area contributed by atoms with Crippen molar-refractivity contribution in [1.29, 1.82) is 0 Å². The van der Waals surface area contributed by atoms with Gasteiger partial charge >= 0.3 is 0 Å². The molecule has 1 aliphatic rings. The van der Waals surface area contributed by atoms with Gasteiger partial charge in [0.1, 0.15) is 5.75 Å². The van der Waals surface area contributed by atoms with Crippen LogP contribution in [0.25, 0.3) is 0 Å². The van der Waals surface area contributed by atoms with Crippen LogP contribution in [0.15, 0.2) is 28.7 Å². The first-order valence-corrected chi connectivity index (χ1v) is 10.4. The molecule has 2 heterocycles. The van der Waals surface area contributed by atoms with Gasteiger partial charge in [0.2, 0.25) is 17.7 Å². The van der Waals surface area contributed by atoms with Crippen LogP contribution in [0, 0.1) is 0 Å². The van der Waals surface area contributed by atoms with Gasteiger partial charge in [-0.3, -0.25) is 4.79 Å². The minimum atomic E-state index is 0.166. The normalized spacial score (nSPS) is 16.8. The standard InChI is InChI=1S/C22H31N3O4/c1-27-16-14-18-8-5-6-15-25(18)22(26)13-12-21-24-23-20(29-21)11-10-17-7-3-4-9-19(17)28-2/h3-4,7,9,18H,5-6,8,10-16H2,1-2H3. The molecule has 2 aromatic rings. The molecule has 0 bridgehead atoms. The third kappa shape index (κ3) is 6.03. The van der Waals surface area contributed by atoms with Gasteiger partial charge in [-0.25, -0.2) is 0 Å². The van der Waals surface area contributed by atoms with Crippen LogP contribution < -0.4 is 4.74 Å². The van der Waals surface area contributed by atoms with Gasteiger partial charge in [-0.15, -0.1) is 10.2 Å². The van der Waals surface area contributed by atoms with E-state index in [1.54, 1.807) is 14.2 Å². The summed E-state index contributed by atoms with van der Waals surface area (Å²) in [6.45, 7) is 1.52. The Hall–Kier alpha value is -2.41. The maximum absolute atomic E-state index is 12.7. The number of aromatic nitrogens is 2. The Morgan fingerprint density at radius 3 is 2.72 bits per heavy atom. The summed E-state index contributed by atoms with van der Waals surface area (Å²) in [5, 5.41) is 8.25. The number of ether oxygens (including phenoxy) is 2. The van der Waals surface area contributed by atoms with Crippen LogP contribution in [0.4, 0.5) is 0 Å². The van der Waals surface area contributed by atoms with Gasteiger partial charge in [-0.1, -0.05) is 18.2 Å². The van der Waals surface area contributed by atoms with E-state index in [2.05, 4.69) is 10.2 Å². The number of rotatable bonds is 10. The zero-order valence-electron chi connectivity index (χ0n) is 17.4. The average Bonchev–Trinajstić information content (AvgIpc) is 3.23. The van der Waals surface area contributed by atoms with E-state index < -0.39 is 0 Å². The van der Waals surface area contributed by atoms with Crippen LogP contribution in [0.2, 0.25) is 0 Å². The summed E-state index contributed by atoms with van der Waals surface area (Å²) in [4.78, 5) is 14.7. The van der Waals surface area contributed by atoms with Crippen LogP contribution in [-0.4, -0.2) is 54.4 Å². The van der Waals surface area contributed by atoms with Crippen LogP contribution in [-0.2, 0) is 28.8 Å². The zero-order chi connectivity index (χ0) is 20.5. The predicted molar refractivity (Wildman–Crippen MR) is 109 cm³/mol. The second-order valence-electron chi connectivity index (χ2n) is 7.42. The van der Waals surface area contributed by atoms with E-state index in [-0.39, 0.29) is 11.9 Å². The predicted octanol–water partition coefficient (Wildman–Crippen LogP) is 3.21. The number of carbonyl (C=O) groups excluding carboxylic acids is 1. The lowest BCUT2D eigenvalue weighted by Gasteiger charge is -2.35. The van der Waals surface area contributed by atoms with E-state index in [0.29, 0.717) is 37.7 Å². The lowest BCUT2D eigenvalue weighted by Crippen LogP contribution is -2.44. The molecule has 0 N–H and O–H groups in total. The first-order valence-electron chi connectivity index (χ1n) is 10.4.